The second-order valence-electron chi connectivity index (χ2n) is 5.90. The van der Waals surface area contributed by atoms with Crippen LogP contribution in [0.4, 0.5) is 5.69 Å². The Morgan fingerprint density at radius 1 is 1.24 bits per heavy atom. The van der Waals surface area contributed by atoms with Crippen molar-refractivity contribution in [1.29, 1.82) is 0 Å². The van der Waals surface area contributed by atoms with Gasteiger partial charge in [-0.05, 0) is 43.9 Å². The van der Waals surface area contributed by atoms with Crippen molar-refractivity contribution in [2.45, 2.75) is 37.8 Å². The summed E-state index contributed by atoms with van der Waals surface area (Å²) < 4.78 is 0. The molecule has 1 aliphatic carbocycles. The van der Waals surface area contributed by atoms with E-state index in [1.54, 1.807) is 0 Å². The fraction of sp³-hybridized carbons (Fsp3) is 0.562. The average Bonchev–Trinajstić information content (AvgIpc) is 2.90. The number of nitrogens with one attached hydrogen (secondary N) is 2. The third kappa shape index (κ3) is 3.62. The number of nitrogens with zero attached hydrogens (tertiary/aromatic N) is 2. The Hall–Kier alpha value is -1.42. The summed E-state index contributed by atoms with van der Waals surface area (Å²) in [6.45, 7) is 2.05. The van der Waals surface area contributed by atoms with Gasteiger partial charge < -0.3 is 15.5 Å². The van der Waals surface area contributed by atoms with E-state index in [0.29, 0.717) is 12.1 Å². The average molecular weight is 307 g/mol. The molecule has 2 N–H and O–H groups in total. The molecule has 1 aromatic rings. The van der Waals surface area contributed by atoms with Crippen LogP contribution in [0.3, 0.4) is 0 Å². The molecule has 21 heavy (non-hydrogen) atoms. The number of rotatable bonds is 3. The summed E-state index contributed by atoms with van der Waals surface area (Å²) in [5.74, 6) is 0.942. The lowest BCUT2D eigenvalue weighted by molar-refractivity contribution is 0.378. The molecule has 1 unspecified atom stereocenters. The van der Waals surface area contributed by atoms with Gasteiger partial charge in [0.15, 0.2) is 5.96 Å². The largest absolute Gasteiger partial charge is 0.369 e. The van der Waals surface area contributed by atoms with E-state index in [2.05, 4.69) is 26.6 Å². The molecule has 1 saturated carbocycles. The molecular formula is C16H23ClN4. The van der Waals surface area contributed by atoms with Crippen LogP contribution in [0.25, 0.3) is 0 Å². The summed E-state index contributed by atoms with van der Waals surface area (Å²) >= 11 is 6.07. The van der Waals surface area contributed by atoms with Crippen LogP contribution in [-0.2, 0) is 0 Å². The number of halogens is 1. The molecule has 0 aromatic heterocycles. The van der Waals surface area contributed by atoms with Crippen molar-refractivity contribution < 1.29 is 0 Å². The van der Waals surface area contributed by atoms with E-state index in [9.17, 15) is 0 Å². The molecule has 0 bridgehead atoms. The number of guanidine groups is 1. The molecule has 0 amide bonds. The molecule has 2 fully saturated rings. The van der Waals surface area contributed by atoms with E-state index in [0.717, 1.165) is 30.5 Å². The summed E-state index contributed by atoms with van der Waals surface area (Å²) in [7, 11) is 1.84. The minimum atomic E-state index is 0.440. The van der Waals surface area contributed by atoms with Crippen LogP contribution in [0.5, 0.6) is 0 Å². The molecule has 1 aromatic carbocycles. The second kappa shape index (κ2) is 6.56. The normalized spacial score (nSPS) is 23.0. The predicted molar refractivity (Wildman–Crippen MR) is 89.3 cm³/mol. The Kier molecular flexibility index (Phi) is 4.54. The summed E-state index contributed by atoms with van der Waals surface area (Å²) in [4.78, 5) is 6.72. The molecule has 0 spiro atoms. The lowest BCUT2D eigenvalue weighted by atomic mass is 9.93. The Balaban J connectivity index is 1.54. The van der Waals surface area contributed by atoms with Crippen molar-refractivity contribution in [2.75, 3.05) is 25.0 Å². The van der Waals surface area contributed by atoms with Crippen LogP contribution in [0.2, 0.25) is 5.02 Å². The van der Waals surface area contributed by atoms with Gasteiger partial charge in [0.2, 0.25) is 0 Å². The molecule has 4 nitrogen and oxygen atoms in total. The van der Waals surface area contributed by atoms with Crippen molar-refractivity contribution in [3.63, 3.8) is 0 Å². The maximum Gasteiger partial charge on any atom is 0.191 e. The van der Waals surface area contributed by atoms with Crippen molar-refractivity contribution in [3.05, 3.63) is 29.3 Å². The van der Waals surface area contributed by atoms with Gasteiger partial charge in [-0.15, -0.1) is 0 Å². The van der Waals surface area contributed by atoms with Gasteiger partial charge >= 0.3 is 0 Å². The SMILES string of the molecule is CN=C(NC1CCC1)NC1CCN(c2cccc(Cl)c2)C1. The first kappa shape index (κ1) is 14.5. The van der Waals surface area contributed by atoms with Crippen LogP contribution in [0.15, 0.2) is 29.3 Å². The lowest BCUT2D eigenvalue weighted by Crippen LogP contribution is -2.50. The van der Waals surface area contributed by atoms with Gasteiger partial charge in [-0.2, -0.15) is 0 Å². The number of benzene rings is 1. The topological polar surface area (TPSA) is 39.7 Å². The first-order valence-electron chi connectivity index (χ1n) is 7.75. The maximum absolute atomic E-state index is 6.07. The highest BCUT2D eigenvalue weighted by Crippen LogP contribution is 2.23. The van der Waals surface area contributed by atoms with Gasteiger partial charge in [0.1, 0.15) is 0 Å². The van der Waals surface area contributed by atoms with E-state index in [-0.39, 0.29) is 0 Å². The fourth-order valence-electron chi connectivity index (χ4n) is 2.90. The fourth-order valence-corrected chi connectivity index (χ4v) is 3.08. The van der Waals surface area contributed by atoms with Crippen LogP contribution in [0, 0.1) is 0 Å². The Labute approximate surface area is 131 Å². The van der Waals surface area contributed by atoms with E-state index in [1.165, 1.54) is 24.9 Å². The molecule has 114 valence electrons. The molecule has 1 saturated heterocycles. The minimum Gasteiger partial charge on any atom is -0.369 e. The third-order valence-corrected chi connectivity index (χ3v) is 4.61. The van der Waals surface area contributed by atoms with Crippen LogP contribution in [0.1, 0.15) is 25.7 Å². The molecule has 1 aliphatic heterocycles. The molecule has 0 radical (unpaired) electrons. The Morgan fingerprint density at radius 2 is 2.05 bits per heavy atom. The second-order valence-corrected chi connectivity index (χ2v) is 6.34. The summed E-state index contributed by atoms with van der Waals surface area (Å²) in [5.41, 5.74) is 1.20. The van der Waals surface area contributed by atoms with Crippen LogP contribution in [-0.4, -0.2) is 38.2 Å². The van der Waals surface area contributed by atoms with Crippen LogP contribution < -0.4 is 15.5 Å². The smallest absolute Gasteiger partial charge is 0.191 e. The zero-order valence-corrected chi connectivity index (χ0v) is 13.2. The minimum absolute atomic E-state index is 0.440. The zero-order chi connectivity index (χ0) is 14.7. The highest BCUT2D eigenvalue weighted by Gasteiger charge is 2.25. The van der Waals surface area contributed by atoms with Gasteiger partial charge in [-0.1, -0.05) is 17.7 Å². The van der Waals surface area contributed by atoms with Crippen LogP contribution >= 0.6 is 11.6 Å². The van der Waals surface area contributed by atoms with Gasteiger partial charge in [0.25, 0.3) is 0 Å². The first-order chi connectivity index (χ1) is 10.2. The van der Waals surface area contributed by atoms with Gasteiger partial charge in [-0.3, -0.25) is 4.99 Å². The molecule has 3 rings (SSSR count). The van der Waals surface area contributed by atoms with Crippen molar-refractivity contribution in [2.24, 2.45) is 4.99 Å². The van der Waals surface area contributed by atoms with E-state index < -0.39 is 0 Å². The summed E-state index contributed by atoms with van der Waals surface area (Å²) in [6.07, 6.45) is 4.98. The highest BCUT2D eigenvalue weighted by molar-refractivity contribution is 6.30. The monoisotopic (exact) mass is 306 g/mol. The number of hydrogen-bond donors (Lipinski definition) is 2. The molecule has 5 heteroatoms. The quantitative estimate of drug-likeness (QED) is 0.666. The number of aliphatic imine (C=N–C) groups is 1. The molecule has 2 aliphatic rings. The highest BCUT2D eigenvalue weighted by atomic mass is 35.5. The zero-order valence-electron chi connectivity index (χ0n) is 12.5. The van der Waals surface area contributed by atoms with Gasteiger partial charge in [-0.25, -0.2) is 0 Å². The number of anilines is 1. The standard InChI is InChI=1S/C16H23ClN4/c1-18-16(19-13-5-3-6-13)20-14-8-9-21(11-14)15-7-2-4-12(17)10-15/h2,4,7,10,13-14H,3,5-6,8-9,11H2,1H3,(H2,18,19,20). The predicted octanol–water partition coefficient (Wildman–Crippen LogP) is 2.64. The summed E-state index contributed by atoms with van der Waals surface area (Å²) in [6, 6.07) is 9.13. The van der Waals surface area contributed by atoms with Gasteiger partial charge in [0.05, 0.1) is 0 Å². The Morgan fingerprint density at radius 3 is 2.71 bits per heavy atom. The van der Waals surface area contributed by atoms with Crippen molar-refractivity contribution >= 4 is 23.2 Å². The summed E-state index contributed by atoms with van der Waals surface area (Å²) in [5, 5.41) is 7.83. The van der Waals surface area contributed by atoms with Crippen molar-refractivity contribution in [1.82, 2.24) is 10.6 Å². The third-order valence-electron chi connectivity index (χ3n) is 4.37. The maximum atomic E-state index is 6.07. The van der Waals surface area contributed by atoms with E-state index in [1.807, 2.05) is 25.2 Å². The first-order valence-corrected chi connectivity index (χ1v) is 8.13. The molecular weight excluding hydrogens is 284 g/mol. The molecule has 1 heterocycles. The van der Waals surface area contributed by atoms with Gasteiger partial charge in [0, 0.05) is 42.9 Å². The van der Waals surface area contributed by atoms with E-state index in [4.69, 9.17) is 11.6 Å². The number of hydrogen-bond acceptors (Lipinski definition) is 2. The Bertz CT molecular complexity index is 513. The lowest BCUT2D eigenvalue weighted by Gasteiger charge is -2.29. The molecule has 1 atom stereocenters. The van der Waals surface area contributed by atoms with Crippen molar-refractivity contribution in [3.8, 4) is 0 Å². The van der Waals surface area contributed by atoms with E-state index >= 15 is 0 Å².